The van der Waals surface area contributed by atoms with Gasteiger partial charge in [0.25, 0.3) is 0 Å². The van der Waals surface area contributed by atoms with Crippen LogP contribution in [0.5, 0.6) is 0 Å². The van der Waals surface area contributed by atoms with Gasteiger partial charge in [-0.2, -0.15) is 0 Å². The number of methoxy groups -OCH3 is 1. The summed E-state index contributed by atoms with van der Waals surface area (Å²) in [4.78, 5) is 12.3. The molecular formula is C16H31NO3. The van der Waals surface area contributed by atoms with Crippen LogP contribution in [0.25, 0.3) is 0 Å². The van der Waals surface area contributed by atoms with E-state index in [4.69, 9.17) is 9.47 Å². The van der Waals surface area contributed by atoms with E-state index >= 15 is 0 Å². The lowest BCUT2D eigenvalue weighted by Gasteiger charge is -2.34. The molecule has 1 aliphatic rings. The molecule has 0 saturated heterocycles. The van der Waals surface area contributed by atoms with Gasteiger partial charge in [-0.1, -0.05) is 27.2 Å². The highest BCUT2D eigenvalue weighted by Gasteiger charge is 2.49. The van der Waals surface area contributed by atoms with E-state index in [1.54, 1.807) is 0 Å². The second-order valence-electron chi connectivity index (χ2n) is 6.24. The van der Waals surface area contributed by atoms with E-state index in [9.17, 15) is 4.79 Å². The molecule has 4 nitrogen and oxygen atoms in total. The predicted octanol–water partition coefficient (Wildman–Crippen LogP) is 2.76. The zero-order valence-corrected chi connectivity index (χ0v) is 13.5. The molecule has 0 aromatic heterocycles. The Morgan fingerprint density at radius 1 is 1.45 bits per heavy atom. The van der Waals surface area contributed by atoms with Crippen molar-refractivity contribution in [2.24, 2.45) is 11.8 Å². The van der Waals surface area contributed by atoms with Crippen molar-refractivity contribution in [1.82, 2.24) is 5.32 Å². The second-order valence-corrected chi connectivity index (χ2v) is 6.24. The van der Waals surface area contributed by atoms with E-state index in [0.717, 1.165) is 51.9 Å². The Balaban J connectivity index is 2.58. The summed E-state index contributed by atoms with van der Waals surface area (Å²) >= 11 is 0. The molecule has 1 N–H and O–H groups in total. The third-order valence-electron chi connectivity index (χ3n) is 4.12. The maximum absolute atomic E-state index is 12.3. The molecule has 1 saturated carbocycles. The molecular weight excluding hydrogens is 254 g/mol. The first-order valence-corrected chi connectivity index (χ1v) is 7.98. The molecule has 0 amide bonds. The van der Waals surface area contributed by atoms with Crippen LogP contribution in [-0.4, -0.2) is 38.4 Å². The van der Waals surface area contributed by atoms with E-state index in [2.05, 4.69) is 26.1 Å². The van der Waals surface area contributed by atoms with E-state index in [-0.39, 0.29) is 5.97 Å². The van der Waals surface area contributed by atoms with Crippen molar-refractivity contribution in [1.29, 1.82) is 0 Å². The maximum atomic E-state index is 12.3. The van der Waals surface area contributed by atoms with Crippen LogP contribution in [0.2, 0.25) is 0 Å². The maximum Gasteiger partial charge on any atom is 0.326 e. The number of esters is 1. The zero-order chi connectivity index (χ0) is 15.0. The molecule has 0 aromatic rings. The number of carbonyl (C=O) groups excluding carboxylic acids is 1. The third-order valence-corrected chi connectivity index (χ3v) is 4.12. The Kier molecular flexibility index (Phi) is 7.52. The predicted molar refractivity (Wildman–Crippen MR) is 80.7 cm³/mol. The number of hydrogen-bond acceptors (Lipinski definition) is 4. The smallest absolute Gasteiger partial charge is 0.326 e. The summed E-state index contributed by atoms with van der Waals surface area (Å²) in [5, 5.41) is 3.47. The molecule has 0 aliphatic heterocycles. The SMILES string of the molecule is CCCNC1(C(=O)OC)CCCC1CCOCC(C)C. The van der Waals surface area contributed by atoms with Gasteiger partial charge in [-0.25, -0.2) is 0 Å². The minimum atomic E-state index is -0.480. The van der Waals surface area contributed by atoms with Crippen LogP contribution in [0.4, 0.5) is 0 Å². The van der Waals surface area contributed by atoms with Gasteiger partial charge in [0.15, 0.2) is 0 Å². The van der Waals surface area contributed by atoms with Crippen molar-refractivity contribution >= 4 is 5.97 Å². The summed E-state index contributed by atoms with van der Waals surface area (Å²) in [6.07, 6.45) is 5.00. The molecule has 1 rings (SSSR count). The molecule has 2 atom stereocenters. The first-order valence-electron chi connectivity index (χ1n) is 7.98. The van der Waals surface area contributed by atoms with Crippen LogP contribution in [0, 0.1) is 11.8 Å². The summed E-state index contributed by atoms with van der Waals surface area (Å²) in [7, 11) is 1.49. The average Bonchev–Trinajstić information content (AvgIpc) is 2.84. The number of hydrogen-bond donors (Lipinski definition) is 1. The molecule has 2 unspecified atom stereocenters. The Hall–Kier alpha value is -0.610. The lowest BCUT2D eigenvalue weighted by molar-refractivity contribution is -0.150. The molecule has 0 aromatic carbocycles. The highest BCUT2D eigenvalue weighted by molar-refractivity contribution is 5.81. The number of ether oxygens (including phenoxy) is 2. The number of rotatable bonds is 9. The van der Waals surface area contributed by atoms with Crippen molar-refractivity contribution in [2.75, 3.05) is 26.9 Å². The first-order chi connectivity index (χ1) is 9.56. The van der Waals surface area contributed by atoms with Crippen LogP contribution in [-0.2, 0) is 14.3 Å². The Bertz CT molecular complexity index is 293. The zero-order valence-electron chi connectivity index (χ0n) is 13.5. The van der Waals surface area contributed by atoms with Gasteiger partial charge in [-0.3, -0.25) is 4.79 Å². The lowest BCUT2D eigenvalue weighted by Crippen LogP contribution is -2.55. The Morgan fingerprint density at radius 3 is 2.80 bits per heavy atom. The fraction of sp³-hybridized carbons (Fsp3) is 0.938. The molecule has 0 radical (unpaired) electrons. The summed E-state index contributed by atoms with van der Waals surface area (Å²) in [6, 6.07) is 0. The quantitative estimate of drug-likeness (QED) is 0.523. The fourth-order valence-corrected chi connectivity index (χ4v) is 3.12. The van der Waals surface area contributed by atoms with Gasteiger partial charge in [0.05, 0.1) is 7.11 Å². The van der Waals surface area contributed by atoms with Crippen LogP contribution in [0.1, 0.15) is 52.9 Å². The molecule has 20 heavy (non-hydrogen) atoms. The Labute approximate surface area is 123 Å². The van der Waals surface area contributed by atoms with E-state index in [0.29, 0.717) is 11.8 Å². The summed E-state index contributed by atoms with van der Waals surface area (Å²) in [5.74, 6) is 0.785. The van der Waals surface area contributed by atoms with Crippen LogP contribution >= 0.6 is 0 Å². The molecule has 4 heteroatoms. The van der Waals surface area contributed by atoms with Crippen molar-refractivity contribution in [2.45, 2.75) is 58.4 Å². The normalized spacial score (nSPS) is 26.1. The molecule has 0 heterocycles. The summed E-state index contributed by atoms with van der Waals surface area (Å²) in [5.41, 5.74) is -0.480. The van der Waals surface area contributed by atoms with Gasteiger partial charge < -0.3 is 14.8 Å². The van der Waals surface area contributed by atoms with Gasteiger partial charge in [0.2, 0.25) is 0 Å². The molecule has 1 aliphatic carbocycles. The van der Waals surface area contributed by atoms with Gasteiger partial charge in [0, 0.05) is 13.2 Å². The minimum absolute atomic E-state index is 0.0997. The van der Waals surface area contributed by atoms with Crippen molar-refractivity contribution in [3.63, 3.8) is 0 Å². The highest BCUT2D eigenvalue weighted by atomic mass is 16.5. The van der Waals surface area contributed by atoms with Crippen molar-refractivity contribution in [3.05, 3.63) is 0 Å². The van der Waals surface area contributed by atoms with Gasteiger partial charge >= 0.3 is 5.97 Å². The van der Waals surface area contributed by atoms with Crippen molar-refractivity contribution < 1.29 is 14.3 Å². The molecule has 1 fully saturated rings. The first kappa shape index (κ1) is 17.4. The van der Waals surface area contributed by atoms with Gasteiger partial charge in [-0.05, 0) is 44.1 Å². The molecule has 0 spiro atoms. The average molecular weight is 285 g/mol. The lowest BCUT2D eigenvalue weighted by atomic mass is 9.84. The van der Waals surface area contributed by atoms with Crippen molar-refractivity contribution in [3.8, 4) is 0 Å². The topological polar surface area (TPSA) is 47.6 Å². The fourth-order valence-electron chi connectivity index (χ4n) is 3.12. The molecule has 118 valence electrons. The van der Waals surface area contributed by atoms with Crippen LogP contribution in [0.15, 0.2) is 0 Å². The van der Waals surface area contributed by atoms with E-state index in [1.807, 2.05) is 0 Å². The summed E-state index contributed by atoms with van der Waals surface area (Å²) in [6.45, 7) is 8.80. The minimum Gasteiger partial charge on any atom is -0.468 e. The van der Waals surface area contributed by atoms with Crippen LogP contribution < -0.4 is 5.32 Å². The van der Waals surface area contributed by atoms with Gasteiger partial charge in [-0.15, -0.1) is 0 Å². The summed E-state index contributed by atoms with van der Waals surface area (Å²) < 4.78 is 10.8. The number of nitrogens with one attached hydrogen (secondary N) is 1. The number of carbonyl (C=O) groups is 1. The largest absolute Gasteiger partial charge is 0.468 e. The van der Waals surface area contributed by atoms with E-state index < -0.39 is 5.54 Å². The monoisotopic (exact) mass is 285 g/mol. The molecule has 0 bridgehead atoms. The van der Waals surface area contributed by atoms with Gasteiger partial charge in [0.1, 0.15) is 5.54 Å². The second kappa shape index (κ2) is 8.63. The van der Waals surface area contributed by atoms with Crippen LogP contribution in [0.3, 0.4) is 0 Å². The van der Waals surface area contributed by atoms with E-state index in [1.165, 1.54) is 7.11 Å². The third kappa shape index (κ3) is 4.45. The Morgan fingerprint density at radius 2 is 2.20 bits per heavy atom. The highest BCUT2D eigenvalue weighted by Crippen LogP contribution is 2.39. The standard InChI is InChI=1S/C16H31NO3/c1-5-10-17-16(15(18)19-4)9-6-7-14(16)8-11-20-12-13(2)3/h13-14,17H,5-12H2,1-4H3.